The molecule has 33 heavy (non-hydrogen) atoms. The first-order valence-electron chi connectivity index (χ1n) is 10.5. The Morgan fingerprint density at radius 3 is 1.24 bits per heavy atom. The second-order valence-electron chi connectivity index (χ2n) is 7.56. The molecule has 2 atom stereocenters. The maximum Gasteiger partial charge on any atom is 0.123 e. The zero-order valence-electron chi connectivity index (χ0n) is 18.4. The minimum absolute atomic E-state index is 0.368. The van der Waals surface area contributed by atoms with E-state index in [1.807, 2.05) is 48.5 Å². The Hall–Kier alpha value is -3.70. The molecule has 0 fully saturated rings. The van der Waals surface area contributed by atoms with E-state index in [1.165, 1.54) is 24.3 Å². The van der Waals surface area contributed by atoms with Crippen LogP contribution in [-0.4, -0.2) is 14.2 Å². The third-order valence-electron chi connectivity index (χ3n) is 5.37. The van der Waals surface area contributed by atoms with E-state index in [0.29, 0.717) is 22.6 Å². The summed E-state index contributed by atoms with van der Waals surface area (Å²) in [4.78, 5) is 0. The Bertz CT molecular complexity index is 1130. The lowest BCUT2D eigenvalue weighted by Crippen LogP contribution is -2.14. The Labute approximate surface area is 192 Å². The third kappa shape index (κ3) is 5.38. The molecule has 168 valence electrons. The average molecular weight is 446 g/mol. The van der Waals surface area contributed by atoms with Crippen molar-refractivity contribution in [2.45, 2.75) is 12.2 Å². The molecule has 4 rings (SSSR count). The topological polar surface area (TPSA) is 27.7 Å². The SMILES string of the molecule is COc1cccc(C(OC(c2cccc(F)c2)c2cccc(OC)c2)c2cccc(F)c2)c1. The second kappa shape index (κ2) is 10.3. The summed E-state index contributed by atoms with van der Waals surface area (Å²) < 4.78 is 45.8. The van der Waals surface area contributed by atoms with Crippen LogP contribution in [0.15, 0.2) is 97.1 Å². The standard InChI is InChI=1S/C28H24F2O3/c1-31-25-13-5-9-21(17-25)27(19-7-3-11-23(29)15-19)33-28(20-8-4-12-24(30)16-20)22-10-6-14-26(18-22)32-2/h3-18,27-28H,1-2H3. The van der Waals surface area contributed by atoms with Crippen LogP contribution in [0.4, 0.5) is 8.78 Å². The summed E-state index contributed by atoms with van der Waals surface area (Å²) in [6.07, 6.45) is -1.29. The Kier molecular flexibility index (Phi) is 7.01. The van der Waals surface area contributed by atoms with Crippen molar-refractivity contribution in [3.63, 3.8) is 0 Å². The van der Waals surface area contributed by atoms with E-state index in [2.05, 4.69) is 0 Å². The lowest BCUT2D eigenvalue weighted by Gasteiger charge is -2.27. The van der Waals surface area contributed by atoms with Gasteiger partial charge in [-0.15, -0.1) is 0 Å². The minimum atomic E-state index is -0.643. The van der Waals surface area contributed by atoms with Crippen LogP contribution in [0.3, 0.4) is 0 Å². The number of ether oxygens (including phenoxy) is 3. The largest absolute Gasteiger partial charge is 0.497 e. The number of rotatable bonds is 8. The van der Waals surface area contributed by atoms with Gasteiger partial charge in [-0.05, 0) is 70.8 Å². The molecule has 4 aromatic carbocycles. The van der Waals surface area contributed by atoms with Crippen molar-refractivity contribution in [2.75, 3.05) is 14.2 Å². The van der Waals surface area contributed by atoms with Crippen LogP contribution >= 0.6 is 0 Å². The van der Waals surface area contributed by atoms with Crippen molar-refractivity contribution in [3.8, 4) is 11.5 Å². The molecule has 0 saturated carbocycles. The number of hydrogen-bond acceptors (Lipinski definition) is 3. The summed E-state index contributed by atoms with van der Waals surface area (Å²) in [5.41, 5.74) is 2.83. The highest BCUT2D eigenvalue weighted by Gasteiger charge is 2.25. The maximum absolute atomic E-state index is 14.2. The van der Waals surface area contributed by atoms with Crippen LogP contribution in [0.1, 0.15) is 34.5 Å². The lowest BCUT2D eigenvalue weighted by atomic mass is 9.97. The molecular formula is C28H24F2O3. The van der Waals surface area contributed by atoms with Gasteiger partial charge >= 0.3 is 0 Å². The van der Waals surface area contributed by atoms with Crippen molar-refractivity contribution in [1.29, 1.82) is 0 Å². The van der Waals surface area contributed by atoms with Gasteiger partial charge in [-0.1, -0.05) is 48.5 Å². The Morgan fingerprint density at radius 1 is 0.515 bits per heavy atom. The molecule has 0 aliphatic carbocycles. The maximum atomic E-state index is 14.2. The molecule has 0 aliphatic heterocycles. The number of benzene rings is 4. The number of methoxy groups -OCH3 is 2. The van der Waals surface area contributed by atoms with Gasteiger partial charge in [0.1, 0.15) is 35.3 Å². The van der Waals surface area contributed by atoms with Crippen molar-refractivity contribution in [2.24, 2.45) is 0 Å². The summed E-state index contributed by atoms with van der Waals surface area (Å²) in [6, 6.07) is 27.4. The quantitative estimate of drug-likeness (QED) is 0.295. The van der Waals surface area contributed by atoms with E-state index in [0.717, 1.165) is 11.1 Å². The lowest BCUT2D eigenvalue weighted by molar-refractivity contribution is 0.0303. The van der Waals surface area contributed by atoms with Crippen LogP contribution < -0.4 is 9.47 Å². The fourth-order valence-electron chi connectivity index (χ4n) is 3.78. The third-order valence-corrected chi connectivity index (χ3v) is 5.37. The van der Waals surface area contributed by atoms with Crippen LogP contribution in [0.5, 0.6) is 11.5 Å². The normalized spacial score (nSPS) is 12.7. The molecule has 0 spiro atoms. The van der Waals surface area contributed by atoms with Crippen molar-refractivity contribution >= 4 is 0 Å². The monoisotopic (exact) mass is 446 g/mol. The van der Waals surface area contributed by atoms with Crippen molar-refractivity contribution < 1.29 is 23.0 Å². The van der Waals surface area contributed by atoms with Crippen LogP contribution in [0.2, 0.25) is 0 Å². The predicted molar refractivity (Wildman–Crippen MR) is 124 cm³/mol. The van der Waals surface area contributed by atoms with Gasteiger partial charge in [0.05, 0.1) is 14.2 Å². The highest BCUT2D eigenvalue weighted by Crippen LogP contribution is 2.38. The minimum Gasteiger partial charge on any atom is -0.497 e. The summed E-state index contributed by atoms with van der Waals surface area (Å²) >= 11 is 0. The average Bonchev–Trinajstić information content (AvgIpc) is 2.84. The summed E-state index contributed by atoms with van der Waals surface area (Å²) in [5.74, 6) is 0.572. The molecule has 0 saturated heterocycles. The molecule has 4 aromatic rings. The molecule has 0 amide bonds. The van der Waals surface area contributed by atoms with Crippen molar-refractivity contribution in [1.82, 2.24) is 0 Å². The molecule has 3 nitrogen and oxygen atoms in total. The molecule has 5 heteroatoms. The Balaban J connectivity index is 1.84. The van der Waals surface area contributed by atoms with Crippen LogP contribution in [0.25, 0.3) is 0 Å². The molecule has 0 heterocycles. The highest BCUT2D eigenvalue weighted by atomic mass is 19.1. The fourth-order valence-corrected chi connectivity index (χ4v) is 3.78. The van der Waals surface area contributed by atoms with E-state index >= 15 is 0 Å². The number of halogens is 2. The summed E-state index contributed by atoms with van der Waals surface area (Å²) in [7, 11) is 3.17. The second-order valence-corrected chi connectivity index (χ2v) is 7.56. The van der Waals surface area contributed by atoms with Gasteiger partial charge in [0, 0.05) is 0 Å². The zero-order chi connectivity index (χ0) is 23.2. The first-order chi connectivity index (χ1) is 16.1. The fraction of sp³-hybridized carbons (Fsp3) is 0.143. The molecule has 0 bridgehead atoms. The molecular weight excluding hydrogens is 422 g/mol. The van der Waals surface area contributed by atoms with Gasteiger partial charge in [-0.25, -0.2) is 8.78 Å². The Morgan fingerprint density at radius 2 is 0.879 bits per heavy atom. The molecule has 0 radical (unpaired) electrons. The zero-order valence-corrected chi connectivity index (χ0v) is 18.4. The van der Waals surface area contributed by atoms with Gasteiger partial charge in [0.25, 0.3) is 0 Å². The van der Waals surface area contributed by atoms with Gasteiger partial charge in [0.15, 0.2) is 0 Å². The van der Waals surface area contributed by atoms with Gasteiger partial charge in [-0.3, -0.25) is 0 Å². The van der Waals surface area contributed by atoms with Crippen LogP contribution in [0, 0.1) is 11.6 Å². The van der Waals surface area contributed by atoms with Gasteiger partial charge in [0.2, 0.25) is 0 Å². The molecule has 0 aromatic heterocycles. The first kappa shape index (κ1) is 22.5. The van der Waals surface area contributed by atoms with Gasteiger partial charge in [-0.2, -0.15) is 0 Å². The van der Waals surface area contributed by atoms with Gasteiger partial charge < -0.3 is 14.2 Å². The molecule has 2 unspecified atom stereocenters. The summed E-state index contributed by atoms with van der Waals surface area (Å²) in [6.45, 7) is 0. The number of hydrogen-bond donors (Lipinski definition) is 0. The van der Waals surface area contributed by atoms with E-state index in [9.17, 15) is 8.78 Å². The van der Waals surface area contributed by atoms with Crippen molar-refractivity contribution in [3.05, 3.63) is 131 Å². The molecule has 0 N–H and O–H groups in total. The van der Waals surface area contributed by atoms with E-state index in [4.69, 9.17) is 14.2 Å². The predicted octanol–water partition coefficient (Wildman–Crippen LogP) is 6.88. The summed E-state index contributed by atoms with van der Waals surface area (Å²) in [5, 5.41) is 0. The smallest absolute Gasteiger partial charge is 0.123 e. The van der Waals surface area contributed by atoms with Crippen LogP contribution in [-0.2, 0) is 4.74 Å². The molecule has 0 aliphatic rings. The van der Waals surface area contributed by atoms with E-state index < -0.39 is 12.2 Å². The highest BCUT2D eigenvalue weighted by molar-refractivity contribution is 5.39. The van der Waals surface area contributed by atoms with E-state index in [1.54, 1.807) is 38.5 Å². The van der Waals surface area contributed by atoms with E-state index in [-0.39, 0.29) is 11.6 Å². The first-order valence-corrected chi connectivity index (χ1v) is 10.5.